The first-order chi connectivity index (χ1) is 7.70. The van der Waals surface area contributed by atoms with Crippen LogP contribution in [0.4, 0.5) is 18.9 Å². The number of esters is 1. The predicted octanol–water partition coefficient (Wildman–Crippen LogP) is 2.37. The van der Waals surface area contributed by atoms with E-state index in [1.807, 2.05) is 0 Å². The van der Waals surface area contributed by atoms with Crippen LogP contribution in [0, 0.1) is 0 Å². The molecule has 0 spiro atoms. The van der Waals surface area contributed by atoms with Gasteiger partial charge in [0.1, 0.15) is 5.69 Å². The van der Waals surface area contributed by atoms with Crippen molar-refractivity contribution >= 4 is 11.7 Å². The smallest absolute Gasteiger partial charge is 0.422 e. The second-order valence-electron chi connectivity index (χ2n) is 3.85. The van der Waals surface area contributed by atoms with Crippen molar-refractivity contribution < 1.29 is 22.7 Å². The van der Waals surface area contributed by atoms with E-state index in [0.717, 1.165) is 0 Å². The van der Waals surface area contributed by atoms with Crippen molar-refractivity contribution in [1.82, 2.24) is 4.57 Å². The van der Waals surface area contributed by atoms with Gasteiger partial charge in [-0.3, -0.25) is 0 Å². The molecule has 2 N–H and O–H groups in total. The van der Waals surface area contributed by atoms with Crippen LogP contribution in [-0.2, 0) is 4.74 Å². The minimum atomic E-state index is -4.53. The molecule has 0 saturated carbocycles. The summed E-state index contributed by atoms with van der Waals surface area (Å²) in [5.41, 5.74) is 5.81. The highest BCUT2D eigenvalue weighted by Gasteiger charge is 2.30. The van der Waals surface area contributed by atoms with Crippen molar-refractivity contribution in [3.8, 4) is 0 Å². The predicted molar refractivity (Wildman–Crippen MR) is 55.6 cm³/mol. The average Bonchev–Trinajstić information content (AvgIpc) is 2.55. The van der Waals surface area contributed by atoms with E-state index in [1.54, 1.807) is 13.8 Å². The van der Waals surface area contributed by atoms with Gasteiger partial charge in [0.15, 0.2) is 6.61 Å². The highest BCUT2D eigenvalue weighted by atomic mass is 19.4. The number of carbonyl (C=O) groups excluding carboxylic acids is 1. The highest BCUT2D eigenvalue weighted by molar-refractivity contribution is 5.89. The summed E-state index contributed by atoms with van der Waals surface area (Å²) < 4.78 is 41.3. The van der Waals surface area contributed by atoms with Gasteiger partial charge in [0, 0.05) is 12.2 Å². The summed E-state index contributed by atoms with van der Waals surface area (Å²) in [4.78, 5) is 11.4. The fourth-order valence-corrected chi connectivity index (χ4v) is 1.31. The van der Waals surface area contributed by atoms with Crippen LogP contribution in [0.2, 0.25) is 0 Å². The Hall–Kier alpha value is -1.66. The van der Waals surface area contributed by atoms with Gasteiger partial charge in [-0.2, -0.15) is 13.2 Å². The molecular weight excluding hydrogens is 237 g/mol. The highest BCUT2D eigenvalue weighted by Crippen LogP contribution is 2.19. The molecule has 0 bridgehead atoms. The number of hydrogen-bond acceptors (Lipinski definition) is 3. The Morgan fingerprint density at radius 3 is 2.59 bits per heavy atom. The number of nitrogens with two attached hydrogens (primary N) is 1. The third-order valence-electron chi connectivity index (χ3n) is 2.00. The van der Waals surface area contributed by atoms with Gasteiger partial charge >= 0.3 is 12.1 Å². The molecule has 1 aromatic heterocycles. The minimum Gasteiger partial charge on any atom is -0.451 e. The third kappa shape index (κ3) is 3.69. The molecule has 1 aromatic rings. The number of halogens is 3. The summed E-state index contributed by atoms with van der Waals surface area (Å²) in [7, 11) is 0. The molecule has 0 aliphatic rings. The van der Waals surface area contributed by atoms with Crippen molar-refractivity contribution in [2.24, 2.45) is 0 Å². The normalized spacial score (nSPS) is 11.9. The van der Waals surface area contributed by atoms with E-state index in [1.165, 1.54) is 16.8 Å². The quantitative estimate of drug-likeness (QED) is 0.838. The largest absolute Gasteiger partial charge is 0.451 e. The molecule has 0 unspecified atom stereocenters. The first-order valence-corrected chi connectivity index (χ1v) is 4.92. The molecule has 0 aromatic carbocycles. The van der Waals surface area contributed by atoms with Crippen LogP contribution in [0.25, 0.3) is 0 Å². The summed E-state index contributed by atoms with van der Waals surface area (Å²) in [5, 5.41) is 0. The van der Waals surface area contributed by atoms with Crippen LogP contribution >= 0.6 is 0 Å². The molecule has 7 heteroatoms. The van der Waals surface area contributed by atoms with Crippen molar-refractivity contribution in [3.05, 3.63) is 18.0 Å². The summed E-state index contributed by atoms with van der Waals surface area (Å²) >= 11 is 0. The summed E-state index contributed by atoms with van der Waals surface area (Å²) in [6.07, 6.45) is -3.05. The van der Waals surface area contributed by atoms with Gasteiger partial charge in [-0.05, 0) is 19.9 Å². The number of alkyl halides is 3. The van der Waals surface area contributed by atoms with E-state index >= 15 is 0 Å². The van der Waals surface area contributed by atoms with E-state index in [4.69, 9.17) is 5.73 Å². The van der Waals surface area contributed by atoms with Gasteiger partial charge < -0.3 is 15.0 Å². The summed E-state index contributed by atoms with van der Waals surface area (Å²) in [6, 6.07) is 1.19. The van der Waals surface area contributed by atoms with Crippen molar-refractivity contribution in [3.63, 3.8) is 0 Å². The van der Waals surface area contributed by atoms with Crippen LogP contribution in [0.1, 0.15) is 30.4 Å². The maximum Gasteiger partial charge on any atom is 0.422 e. The van der Waals surface area contributed by atoms with Crippen LogP contribution in [0.3, 0.4) is 0 Å². The molecule has 0 radical (unpaired) electrons. The lowest BCUT2D eigenvalue weighted by Crippen LogP contribution is -2.22. The lowest BCUT2D eigenvalue weighted by Gasteiger charge is -2.12. The van der Waals surface area contributed by atoms with E-state index in [2.05, 4.69) is 4.74 Å². The molecule has 1 rings (SSSR count). The average molecular weight is 250 g/mol. The number of nitrogen functional groups attached to an aromatic ring is 1. The second kappa shape index (κ2) is 4.68. The molecule has 1 heterocycles. The SMILES string of the molecule is CC(C)n1cc(N)cc1C(=O)OCC(F)(F)F. The Bertz CT molecular complexity index is 410. The minimum absolute atomic E-state index is 0.0155. The molecule has 0 aliphatic carbocycles. The zero-order chi connectivity index (χ0) is 13.2. The Kier molecular flexibility index (Phi) is 3.69. The first kappa shape index (κ1) is 13.4. The molecule has 0 aliphatic heterocycles. The number of hydrogen-bond donors (Lipinski definition) is 1. The molecule has 4 nitrogen and oxygen atoms in total. The number of carbonyl (C=O) groups is 1. The number of rotatable bonds is 3. The van der Waals surface area contributed by atoms with E-state index < -0.39 is 18.8 Å². The van der Waals surface area contributed by atoms with Crippen molar-refractivity contribution in [2.45, 2.75) is 26.1 Å². The lowest BCUT2D eigenvalue weighted by molar-refractivity contribution is -0.161. The van der Waals surface area contributed by atoms with Crippen LogP contribution in [0.15, 0.2) is 12.3 Å². The Morgan fingerprint density at radius 1 is 1.53 bits per heavy atom. The monoisotopic (exact) mass is 250 g/mol. The lowest BCUT2D eigenvalue weighted by atomic mass is 10.3. The van der Waals surface area contributed by atoms with Gasteiger partial charge in [0.05, 0.1) is 5.69 Å². The molecule has 96 valence electrons. The summed E-state index contributed by atoms with van der Waals surface area (Å²) in [5.74, 6) is -1.03. The molecule has 17 heavy (non-hydrogen) atoms. The van der Waals surface area contributed by atoms with E-state index in [-0.39, 0.29) is 11.7 Å². The fraction of sp³-hybridized carbons (Fsp3) is 0.500. The van der Waals surface area contributed by atoms with E-state index in [0.29, 0.717) is 5.69 Å². The van der Waals surface area contributed by atoms with E-state index in [9.17, 15) is 18.0 Å². The number of ether oxygens (including phenoxy) is 1. The van der Waals surface area contributed by atoms with Crippen LogP contribution < -0.4 is 5.73 Å². The number of anilines is 1. The number of aromatic nitrogens is 1. The topological polar surface area (TPSA) is 57.2 Å². The first-order valence-electron chi connectivity index (χ1n) is 4.92. The summed E-state index contributed by atoms with van der Waals surface area (Å²) in [6.45, 7) is 1.95. The van der Waals surface area contributed by atoms with Crippen molar-refractivity contribution in [2.75, 3.05) is 12.3 Å². The molecule has 0 saturated heterocycles. The maximum atomic E-state index is 11.9. The van der Waals surface area contributed by atoms with Gasteiger partial charge in [0.25, 0.3) is 0 Å². The molecule has 0 atom stereocenters. The molecule has 0 fully saturated rings. The third-order valence-corrected chi connectivity index (χ3v) is 2.00. The number of nitrogens with zero attached hydrogens (tertiary/aromatic N) is 1. The second-order valence-corrected chi connectivity index (χ2v) is 3.85. The van der Waals surface area contributed by atoms with Gasteiger partial charge in [-0.1, -0.05) is 0 Å². The maximum absolute atomic E-state index is 11.9. The van der Waals surface area contributed by atoms with Gasteiger partial charge in [0.2, 0.25) is 0 Å². The zero-order valence-corrected chi connectivity index (χ0v) is 9.41. The van der Waals surface area contributed by atoms with Crippen LogP contribution in [0.5, 0.6) is 0 Å². The van der Waals surface area contributed by atoms with Crippen molar-refractivity contribution in [1.29, 1.82) is 0 Å². The fourth-order valence-electron chi connectivity index (χ4n) is 1.31. The Morgan fingerprint density at radius 2 is 2.12 bits per heavy atom. The molecular formula is C10H13F3N2O2. The molecule has 0 amide bonds. The van der Waals surface area contributed by atoms with Gasteiger partial charge in [-0.25, -0.2) is 4.79 Å². The Balaban J connectivity index is 2.82. The standard InChI is InChI=1S/C10H13F3N2O2/c1-6(2)15-4-7(14)3-8(15)9(16)17-5-10(11,12)13/h3-4,6H,5,14H2,1-2H3. The van der Waals surface area contributed by atoms with Crippen LogP contribution in [-0.4, -0.2) is 23.3 Å². The zero-order valence-electron chi connectivity index (χ0n) is 9.41. The Labute approximate surface area is 96.2 Å². The van der Waals surface area contributed by atoms with Gasteiger partial charge in [-0.15, -0.1) is 0 Å².